The van der Waals surface area contributed by atoms with E-state index >= 15 is 0 Å². The van der Waals surface area contributed by atoms with Crippen LogP contribution in [0.4, 0.5) is 0 Å². The lowest BCUT2D eigenvalue weighted by atomic mass is 9.92. The summed E-state index contributed by atoms with van der Waals surface area (Å²) in [5.74, 6) is 0. The van der Waals surface area contributed by atoms with Gasteiger partial charge in [0.1, 0.15) is 0 Å². The molecule has 0 aromatic rings. The van der Waals surface area contributed by atoms with Gasteiger partial charge in [-0.1, -0.05) is 20.3 Å². The van der Waals surface area contributed by atoms with Crippen molar-refractivity contribution in [3.05, 3.63) is 0 Å². The number of ether oxygens (including phenoxy) is 2. The Labute approximate surface area is 147 Å². The SMILES string of the molecule is CCC1(CC)CCC[Si](C2CCC3OC3C2)(C2CCC3OC3C2)O1. The summed E-state index contributed by atoms with van der Waals surface area (Å²) >= 11 is 0. The van der Waals surface area contributed by atoms with Gasteiger partial charge in [-0.3, -0.25) is 0 Å². The molecule has 0 bridgehead atoms. The lowest BCUT2D eigenvalue weighted by molar-refractivity contribution is 0.0145. The number of hydrogen-bond acceptors (Lipinski definition) is 3. The topological polar surface area (TPSA) is 34.3 Å². The first-order valence-corrected chi connectivity index (χ1v) is 13.0. The van der Waals surface area contributed by atoms with Gasteiger partial charge in [0, 0.05) is 0 Å². The molecule has 0 spiro atoms. The number of hydrogen-bond donors (Lipinski definition) is 0. The Bertz CT molecular complexity index is 463. The first-order chi connectivity index (χ1) is 11.7. The molecule has 6 unspecified atom stereocenters. The molecule has 3 nitrogen and oxygen atoms in total. The third-order valence-corrected chi connectivity index (χ3v) is 14.0. The summed E-state index contributed by atoms with van der Waals surface area (Å²) in [7, 11) is -1.75. The van der Waals surface area contributed by atoms with Crippen LogP contribution in [0.25, 0.3) is 0 Å². The van der Waals surface area contributed by atoms with Crippen LogP contribution in [0.5, 0.6) is 0 Å². The van der Waals surface area contributed by atoms with Gasteiger partial charge in [0.15, 0.2) is 8.32 Å². The van der Waals surface area contributed by atoms with Crippen LogP contribution in [0.3, 0.4) is 0 Å². The van der Waals surface area contributed by atoms with E-state index in [0.29, 0.717) is 24.4 Å². The molecule has 0 aromatic heterocycles. The molecular formula is C20H34O3Si. The van der Waals surface area contributed by atoms with Gasteiger partial charge in [0.2, 0.25) is 0 Å². The lowest BCUT2D eigenvalue weighted by Gasteiger charge is -2.54. The van der Waals surface area contributed by atoms with Crippen LogP contribution < -0.4 is 0 Å². The molecule has 136 valence electrons. The molecule has 0 radical (unpaired) electrons. The van der Waals surface area contributed by atoms with E-state index in [0.717, 1.165) is 11.1 Å². The third-order valence-electron chi connectivity index (χ3n) is 8.29. The second kappa shape index (κ2) is 5.80. The summed E-state index contributed by atoms with van der Waals surface area (Å²) in [5.41, 5.74) is 1.88. The minimum Gasteiger partial charge on any atom is -0.411 e. The molecule has 6 atom stereocenters. The van der Waals surface area contributed by atoms with Crippen molar-refractivity contribution in [2.75, 3.05) is 0 Å². The van der Waals surface area contributed by atoms with E-state index in [1.54, 1.807) is 0 Å². The monoisotopic (exact) mass is 350 g/mol. The van der Waals surface area contributed by atoms with Gasteiger partial charge in [-0.25, -0.2) is 0 Å². The van der Waals surface area contributed by atoms with E-state index < -0.39 is 8.32 Å². The Morgan fingerprint density at radius 2 is 1.42 bits per heavy atom. The standard InChI is InChI=1S/C20H34O3Si/c1-3-20(4-2)10-5-11-24(23-20,14-6-8-16-18(12-14)21-16)15-7-9-17-19(13-15)22-17/h14-19H,3-13H2,1-2H3. The van der Waals surface area contributed by atoms with Crippen molar-refractivity contribution in [3.63, 3.8) is 0 Å². The second-order valence-electron chi connectivity index (χ2n) is 9.25. The van der Waals surface area contributed by atoms with Crippen molar-refractivity contribution in [3.8, 4) is 0 Å². The molecule has 3 saturated heterocycles. The van der Waals surface area contributed by atoms with Gasteiger partial charge < -0.3 is 13.9 Å². The van der Waals surface area contributed by atoms with Crippen LogP contribution >= 0.6 is 0 Å². The molecule has 2 saturated carbocycles. The smallest absolute Gasteiger partial charge is 0.199 e. The van der Waals surface area contributed by atoms with E-state index in [1.807, 2.05) is 0 Å². The minimum atomic E-state index is -1.75. The van der Waals surface area contributed by atoms with Gasteiger partial charge in [0.25, 0.3) is 0 Å². The molecule has 5 rings (SSSR count). The molecule has 3 heterocycles. The van der Waals surface area contributed by atoms with Crippen LogP contribution in [0.15, 0.2) is 0 Å². The average molecular weight is 351 g/mol. The van der Waals surface area contributed by atoms with E-state index in [-0.39, 0.29) is 5.60 Å². The predicted molar refractivity (Wildman–Crippen MR) is 96.7 cm³/mol. The zero-order valence-electron chi connectivity index (χ0n) is 15.5. The first kappa shape index (κ1) is 16.3. The molecule has 3 aliphatic heterocycles. The summed E-state index contributed by atoms with van der Waals surface area (Å²) in [6.07, 6.45) is 15.5. The van der Waals surface area contributed by atoms with Crippen LogP contribution in [0, 0.1) is 0 Å². The highest BCUT2D eigenvalue weighted by molar-refractivity contribution is 6.77. The van der Waals surface area contributed by atoms with Crippen molar-refractivity contribution < 1.29 is 13.9 Å². The Kier molecular flexibility index (Phi) is 3.93. The Hall–Kier alpha value is 0.0969. The Morgan fingerprint density at radius 1 is 0.833 bits per heavy atom. The normalized spacial score (nSPS) is 52.2. The second-order valence-corrected chi connectivity index (χ2v) is 13.5. The third kappa shape index (κ3) is 2.55. The molecule has 2 aliphatic carbocycles. The van der Waals surface area contributed by atoms with E-state index in [2.05, 4.69) is 13.8 Å². The highest BCUT2D eigenvalue weighted by Gasteiger charge is 2.61. The fraction of sp³-hybridized carbons (Fsp3) is 1.00. The van der Waals surface area contributed by atoms with Gasteiger partial charge in [-0.2, -0.15) is 0 Å². The summed E-state index contributed by atoms with van der Waals surface area (Å²) in [6.45, 7) is 4.71. The average Bonchev–Trinajstić information content (AvgIpc) is 3.54. The predicted octanol–water partition coefficient (Wildman–Crippen LogP) is 4.94. The molecule has 0 N–H and O–H groups in total. The maximum atomic E-state index is 7.40. The number of fused-ring (bicyclic) bond motifs is 2. The maximum Gasteiger partial charge on any atom is 0.199 e. The highest BCUT2D eigenvalue weighted by Crippen LogP contribution is 2.59. The van der Waals surface area contributed by atoms with Crippen LogP contribution in [-0.2, 0) is 13.9 Å². The largest absolute Gasteiger partial charge is 0.411 e. The van der Waals surface area contributed by atoms with Crippen molar-refractivity contribution in [1.82, 2.24) is 0 Å². The van der Waals surface area contributed by atoms with Crippen molar-refractivity contribution in [1.29, 1.82) is 0 Å². The van der Waals surface area contributed by atoms with E-state index in [4.69, 9.17) is 13.9 Å². The van der Waals surface area contributed by atoms with Gasteiger partial charge >= 0.3 is 0 Å². The molecule has 5 aliphatic rings. The number of rotatable bonds is 4. The van der Waals surface area contributed by atoms with Crippen LogP contribution in [0.1, 0.15) is 78.1 Å². The summed E-state index contributed by atoms with van der Waals surface area (Å²) in [4.78, 5) is 0. The summed E-state index contributed by atoms with van der Waals surface area (Å²) in [5, 5.41) is 0. The zero-order chi connectivity index (χ0) is 16.4. The van der Waals surface area contributed by atoms with Gasteiger partial charge in [0.05, 0.1) is 30.0 Å². The first-order valence-electron chi connectivity index (χ1n) is 10.7. The van der Waals surface area contributed by atoms with Gasteiger partial charge in [-0.15, -0.1) is 0 Å². The van der Waals surface area contributed by atoms with E-state index in [9.17, 15) is 0 Å². The lowest BCUT2D eigenvalue weighted by Crippen LogP contribution is -2.58. The highest BCUT2D eigenvalue weighted by atomic mass is 28.4. The fourth-order valence-electron chi connectivity index (χ4n) is 6.54. The van der Waals surface area contributed by atoms with Crippen molar-refractivity contribution in [2.24, 2.45) is 0 Å². The van der Waals surface area contributed by atoms with E-state index in [1.165, 1.54) is 70.3 Å². The van der Waals surface area contributed by atoms with Gasteiger partial charge in [-0.05, 0) is 74.9 Å². The quantitative estimate of drug-likeness (QED) is 0.532. The van der Waals surface area contributed by atoms with Crippen LogP contribution in [-0.4, -0.2) is 38.3 Å². The summed E-state index contributed by atoms with van der Waals surface area (Å²) < 4.78 is 19.2. The molecule has 0 amide bonds. The molecule has 4 heteroatoms. The van der Waals surface area contributed by atoms with Crippen molar-refractivity contribution in [2.45, 2.75) is 125 Å². The fourth-order valence-corrected chi connectivity index (χ4v) is 13.0. The Morgan fingerprint density at radius 3 is 1.92 bits per heavy atom. The molecule has 0 aromatic carbocycles. The maximum absolute atomic E-state index is 7.40. The Balaban J connectivity index is 1.45. The number of epoxide rings is 2. The van der Waals surface area contributed by atoms with Crippen molar-refractivity contribution >= 4 is 8.32 Å². The molecular weight excluding hydrogens is 316 g/mol. The molecule has 5 fully saturated rings. The molecule has 24 heavy (non-hydrogen) atoms. The zero-order valence-corrected chi connectivity index (χ0v) is 16.5. The van der Waals surface area contributed by atoms with Crippen LogP contribution in [0.2, 0.25) is 17.1 Å². The minimum absolute atomic E-state index is 0.187. The summed E-state index contributed by atoms with van der Waals surface area (Å²) in [6, 6.07) is 1.42.